The topological polar surface area (TPSA) is 32.8 Å². The second-order valence-electron chi connectivity index (χ2n) is 25.3. The number of para-hydroxylation sites is 2. The predicted molar refractivity (Wildman–Crippen MR) is 349 cm³/mol. The van der Waals surface area contributed by atoms with Crippen molar-refractivity contribution in [1.29, 1.82) is 0 Å². The second-order valence-corrected chi connectivity index (χ2v) is 27.4. The van der Waals surface area contributed by atoms with Crippen molar-refractivity contribution in [2.45, 2.75) is 78.6 Å². The zero-order valence-corrected chi connectivity index (χ0v) is 48.9. The number of rotatable bonds is 6. The first kappa shape index (κ1) is 49.7. The first-order valence-electron chi connectivity index (χ1n) is 28.3. The van der Waals surface area contributed by atoms with Crippen LogP contribution in [0.1, 0.15) is 79.0 Å². The minimum atomic E-state index is -0.217. The summed E-state index contributed by atoms with van der Waals surface area (Å²) in [6, 6.07) is 72.7. The van der Waals surface area contributed by atoms with Crippen molar-refractivity contribution in [2.75, 3.05) is 9.80 Å². The van der Waals surface area contributed by atoms with Gasteiger partial charge in [0.15, 0.2) is 0 Å². The molecule has 0 radical (unpaired) electrons. The molecule has 15 rings (SSSR count). The summed E-state index contributed by atoms with van der Waals surface area (Å²) in [6.07, 6.45) is 3.85. The van der Waals surface area contributed by atoms with Gasteiger partial charge in [0.25, 0.3) is 6.71 Å². The number of anilines is 6. The highest BCUT2D eigenvalue weighted by Crippen LogP contribution is 2.55. The Balaban J connectivity index is 1.09. The van der Waals surface area contributed by atoms with Crippen molar-refractivity contribution in [1.82, 2.24) is 0 Å². The Morgan fingerprint density at radius 3 is 1.16 bits per heavy atom. The molecule has 0 spiro atoms. The largest absolute Gasteiger partial charge is 0.464 e. The molecular formula is C74H61BN2O2S2. The molecule has 2 aliphatic heterocycles. The summed E-state index contributed by atoms with van der Waals surface area (Å²) in [7, 11) is 0. The van der Waals surface area contributed by atoms with E-state index in [1.54, 1.807) is 0 Å². The maximum atomic E-state index is 6.23. The van der Waals surface area contributed by atoms with E-state index in [4.69, 9.17) is 8.83 Å². The lowest BCUT2D eigenvalue weighted by molar-refractivity contribution is 0.590. The molecule has 2 aliphatic rings. The third-order valence-corrected chi connectivity index (χ3v) is 19.5. The normalized spacial score (nSPS) is 13.4. The maximum Gasteiger partial charge on any atom is 0.256 e. The van der Waals surface area contributed by atoms with Crippen molar-refractivity contribution >= 4 is 121 Å². The molecular weight excluding hydrogens is 1020 g/mol. The number of nitrogens with zero attached hydrogens (tertiary/aromatic N) is 2. The molecule has 0 aliphatic carbocycles. The molecule has 13 aromatic rings. The molecule has 0 saturated heterocycles. The minimum absolute atomic E-state index is 0.0659. The molecule has 0 amide bonds. The summed E-state index contributed by atoms with van der Waals surface area (Å²) in [6.45, 7) is 21.1. The van der Waals surface area contributed by atoms with Gasteiger partial charge in [0.05, 0.1) is 33.9 Å². The Morgan fingerprint density at radius 2 is 0.741 bits per heavy atom. The average Bonchev–Trinajstić information content (AvgIpc) is 4.34. The molecule has 4 aromatic heterocycles. The predicted octanol–water partition coefficient (Wildman–Crippen LogP) is 20.3. The van der Waals surface area contributed by atoms with E-state index in [0.717, 1.165) is 77.8 Å². The number of benzene rings is 9. The van der Waals surface area contributed by atoms with Crippen LogP contribution in [-0.2, 0) is 16.2 Å². The fraction of sp³-hybridized carbons (Fsp3) is 0.162. The van der Waals surface area contributed by atoms with Gasteiger partial charge in [-0.15, -0.1) is 22.7 Å². The molecule has 0 fully saturated rings. The van der Waals surface area contributed by atoms with Gasteiger partial charge in [0.1, 0.15) is 11.2 Å². The highest BCUT2D eigenvalue weighted by Gasteiger charge is 2.48. The molecule has 81 heavy (non-hydrogen) atoms. The van der Waals surface area contributed by atoms with E-state index < -0.39 is 0 Å². The van der Waals surface area contributed by atoms with Crippen LogP contribution in [0.3, 0.4) is 0 Å². The third kappa shape index (κ3) is 7.91. The van der Waals surface area contributed by atoms with Crippen LogP contribution in [0.5, 0.6) is 0 Å². The van der Waals surface area contributed by atoms with E-state index in [1.165, 1.54) is 74.6 Å². The number of furan rings is 2. The Morgan fingerprint density at radius 1 is 0.333 bits per heavy atom. The molecule has 0 N–H and O–H groups in total. The Kier molecular flexibility index (Phi) is 11.1. The fourth-order valence-corrected chi connectivity index (χ4v) is 15.3. The molecule has 0 unspecified atom stereocenters. The maximum absolute atomic E-state index is 6.23. The first-order valence-corrected chi connectivity index (χ1v) is 29.9. The van der Waals surface area contributed by atoms with Gasteiger partial charge >= 0.3 is 0 Å². The number of hydrogen-bond donors (Lipinski definition) is 0. The highest BCUT2D eigenvalue weighted by molar-refractivity contribution is 7.29. The average molecular weight is 1090 g/mol. The zero-order valence-electron chi connectivity index (χ0n) is 47.2. The van der Waals surface area contributed by atoms with Gasteiger partial charge in [-0.1, -0.05) is 196 Å². The standard InChI is InChI=1S/C74H61BN2O2S2/c1-72(2,3)48-30-34-65-55(38-48)67-70(80-65)76(59-32-28-46(36-53(59)44-20-12-10-13-21-44)57-42-78-63-26-18-16-24-51(57)63)61-40-50(74(7,8)9)41-62-69(61)75(67)68-56-39-49(73(4,5)6)31-35-66(56)81-71(68)77(62)60-33-29-47(37-54(60)45-22-14-11-15-23-45)58-43-79-64-27-19-17-25-52(58)64/h10-43H,1-9H3. The van der Waals surface area contributed by atoms with Crippen LogP contribution < -0.4 is 26.2 Å². The van der Waals surface area contributed by atoms with E-state index >= 15 is 0 Å². The number of thiophene rings is 2. The van der Waals surface area contributed by atoms with Crippen LogP contribution in [-0.4, -0.2) is 6.71 Å². The van der Waals surface area contributed by atoms with Crippen LogP contribution in [0.4, 0.5) is 32.8 Å². The lowest BCUT2D eigenvalue weighted by Crippen LogP contribution is -2.60. The Bertz CT molecular complexity index is 4380. The van der Waals surface area contributed by atoms with E-state index in [-0.39, 0.29) is 23.0 Å². The molecule has 394 valence electrons. The molecule has 7 heteroatoms. The quantitative estimate of drug-likeness (QED) is 0.155. The number of hydrogen-bond acceptors (Lipinski definition) is 6. The van der Waals surface area contributed by atoms with E-state index in [1.807, 2.05) is 47.3 Å². The third-order valence-electron chi connectivity index (χ3n) is 17.1. The van der Waals surface area contributed by atoms with Crippen LogP contribution in [0.2, 0.25) is 0 Å². The van der Waals surface area contributed by atoms with Crippen LogP contribution in [0, 0.1) is 0 Å². The van der Waals surface area contributed by atoms with E-state index in [0.29, 0.717) is 0 Å². The molecule has 6 heterocycles. The van der Waals surface area contributed by atoms with Crippen molar-refractivity contribution in [3.05, 3.63) is 223 Å². The van der Waals surface area contributed by atoms with Crippen molar-refractivity contribution in [3.63, 3.8) is 0 Å². The van der Waals surface area contributed by atoms with Crippen molar-refractivity contribution in [2.24, 2.45) is 0 Å². The van der Waals surface area contributed by atoms with Gasteiger partial charge in [-0.3, -0.25) is 0 Å². The zero-order chi connectivity index (χ0) is 55.3. The minimum Gasteiger partial charge on any atom is -0.464 e. The smallest absolute Gasteiger partial charge is 0.256 e. The van der Waals surface area contributed by atoms with E-state index in [2.05, 4.69) is 254 Å². The summed E-state index contributed by atoms with van der Waals surface area (Å²) in [4.78, 5) is 5.34. The molecule has 0 saturated carbocycles. The van der Waals surface area contributed by atoms with Gasteiger partial charge in [-0.2, -0.15) is 0 Å². The van der Waals surface area contributed by atoms with Gasteiger partial charge < -0.3 is 18.6 Å². The van der Waals surface area contributed by atoms with Gasteiger partial charge in [0, 0.05) is 53.8 Å². The lowest BCUT2D eigenvalue weighted by Gasteiger charge is -2.44. The fourth-order valence-electron chi connectivity index (χ4n) is 12.8. The Labute approximate surface area is 482 Å². The molecule has 9 aromatic carbocycles. The van der Waals surface area contributed by atoms with Crippen molar-refractivity contribution < 1.29 is 8.83 Å². The highest BCUT2D eigenvalue weighted by atomic mass is 32.1. The number of fused-ring (bicyclic) bond motifs is 10. The van der Waals surface area contributed by atoms with Gasteiger partial charge in [-0.05, 0) is 143 Å². The second kappa shape index (κ2) is 18.1. The van der Waals surface area contributed by atoms with Gasteiger partial charge in [0.2, 0.25) is 0 Å². The summed E-state index contributed by atoms with van der Waals surface area (Å²) < 4.78 is 15.0. The van der Waals surface area contributed by atoms with E-state index in [9.17, 15) is 0 Å². The summed E-state index contributed by atoms with van der Waals surface area (Å²) >= 11 is 3.87. The Hall–Kier alpha value is -8.36. The molecule has 4 nitrogen and oxygen atoms in total. The van der Waals surface area contributed by atoms with Gasteiger partial charge in [-0.25, -0.2) is 0 Å². The summed E-state index contributed by atoms with van der Waals surface area (Å²) in [5, 5.41) is 7.38. The summed E-state index contributed by atoms with van der Waals surface area (Å²) in [5.41, 5.74) is 23.1. The molecule has 0 bridgehead atoms. The molecule has 0 atom stereocenters. The SMILES string of the molecule is CC(C)(C)c1cc2c3c(c1)N(c1ccc(-c4coc5ccccc45)cc1-c1ccccc1)c1sc4ccc(C(C)(C)C)cc4c1B3c1c(sc3ccc(C(C)(C)C)cc13)N2c1ccc(-c2coc3ccccc23)cc1-c1ccccc1. The monoisotopic (exact) mass is 1080 g/mol. The summed E-state index contributed by atoms with van der Waals surface area (Å²) in [5.74, 6) is 0. The van der Waals surface area contributed by atoms with Crippen LogP contribution in [0.25, 0.3) is 86.6 Å². The van der Waals surface area contributed by atoms with Crippen LogP contribution in [0.15, 0.2) is 215 Å². The van der Waals surface area contributed by atoms with Crippen LogP contribution >= 0.6 is 22.7 Å². The van der Waals surface area contributed by atoms with Crippen molar-refractivity contribution in [3.8, 4) is 44.5 Å². The lowest BCUT2D eigenvalue weighted by atomic mass is 9.33. The first-order chi connectivity index (χ1) is 39.1.